The van der Waals surface area contributed by atoms with Crippen molar-refractivity contribution in [3.63, 3.8) is 0 Å². The van der Waals surface area contributed by atoms with Crippen LogP contribution in [0.2, 0.25) is 5.02 Å². The summed E-state index contributed by atoms with van der Waals surface area (Å²) in [5.41, 5.74) is 1.88. The summed E-state index contributed by atoms with van der Waals surface area (Å²) < 4.78 is 39.9. The van der Waals surface area contributed by atoms with Crippen LogP contribution in [0.15, 0.2) is 40.8 Å². The minimum atomic E-state index is -2.93. The van der Waals surface area contributed by atoms with E-state index < -0.39 is 6.61 Å². The lowest BCUT2D eigenvalue weighted by molar-refractivity contribution is -0.0512. The van der Waals surface area contributed by atoms with Gasteiger partial charge in [-0.2, -0.15) is 8.78 Å². The number of rotatable bonds is 5. The molecule has 24 heavy (non-hydrogen) atoms. The largest absolute Gasteiger partial charge is 0.493 e. The van der Waals surface area contributed by atoms with Gasteiger partial charge in [0.1, 0.15) is 5.52 Å². The maximum atomic E-state index is 12.4. The fourth-order valence-electron chi connectivity index (χ4n) is 2.14. The van der Waals surface area contributed by atoms with Gasteiger partial charge in [0.25, 0.3) is 0 Å². The molecule has 0 atom stereocenters. The fourth-order valence-corrected chi connectivity index (χ4v) is 2.31. The molecule has 3 aromatic rings. The average molecular weight is 352 g/mol. The van der Waals surface area contributed by atoms with E-state index in [0.717, 1.165) is 0 Å². The van der Waals surface area contributed by atoms with Crippen LogP contribution in [0.4, 0.5) is 8.78 Å². The van der Waals surface area contributed by atoms with Gasteiger partial charge in [-0.15, -0.1) is 0 Å². The lowest BCUT2D eigenvalue weighted by Crippen LogP contribution is -2.03. The highest BCUT2D eigenvalue weighted by atomic mass is 35.5. The molecule has 0 unspecified atom stereocenters. The van der Waals surface area contributed by atoms with Gasteiger partial charge in [0.2, 0.25) is 5.89 Å². The maximum Gasteiger partial charge on any atom is 0.387 e. The molecule has 0 aliphatic rings. The van der Waals surface area contributed by atoms with Gasteiger partial charge in [0.15, 0.2) is 17.1 Å². The second-order valence-electron chi connectivity index (χ2n) is 4.79. The van der Waals surface area contributed by atoms with Crippen molar-refractivity contribution in [1.82, 2.24) is 4.98 Å². The number of nitrogens with zero attached hydrogens (tertiary/aromatic N) is 1. The van der Waals surface area contributed by atoms with Crippen LogP contribution in [-0.4, -0.2) is 18.7 Å². The van der Waals surface area contributed by atoms with Crippen molar-refractivity contribution < 1.29 is 22.7 Å². The molecule has 0 radical (unpaired) electrons. The number of benzene rings is 2. The molecule has 3 rings (SSSR count). The number of alkyl halides is 2. The summed E-state index contributed by atoms with van der Waals surface area (Å²) in [6.45, 7) is -2.93. The zero-order valence-corrected chi connectivity index (χ0v) is 13.3. The van der Waals surface area contributed by atoms with E-state index in [-0.39, 0.29) is 11.5 Å². The number of aromatic nitrogens is 1. The van der Waals surface area contributed by atoms with Crippen LogP contribution < -0.4 is 9.47 Å². The number of ether oxygens (including phenoxy) is 2. The molecule has 0 fully saturated rings. The highest BCUT2D eigenvalue weighted by Crippen LogP contribution is 2.30. The van der Waals surface area contributed by atoms with Crippen molar-refractivity contribution in [3.8, 4) is 11.5 Å². The molecule has 7 heteroatoms. The predicted molar refractivity (Wildman–Crippen MR) is 87.6 cm³/mol. The fraction of sp³-hybridized carbons (Fsp3) is 0.118. The summed E-state index contributed by atoms with van der Waals surface area (Å²) in [6, 6.07) is 9.82. The summed E-state index contributed by atoms with van der Waals surface area (Å²) >= 11 is 5.90. The molecule has 2 aromatic carbocycles. The van der Waals surface area contributed by atoms with Gasteiger partial charge in [-0.1, -0.05) is 17.7 Å². The Bertz CT molecular complexity index is 893. The first-order chi connectivity index (χ1) is 11.5. The first-order valence-electron chi connectivity index (χ1n) is 6.92. The van der Waals surface area contributed by atoms with E-state index in [0.29, 0.717) is 27.6 Å². The maximum absolute atomic E-state index is 12.4. The van der Waals surface area contributed by atoms with E-state index in [1.165, 1.54) is 13.2 Å². The minimum absolute atomic E-state index is 0.0426. The number of hydrogen-bond donors (Lipinski definition) is 0. The second kappa shape index (κ2) is 6.88. The molecule has 4 nitrogen and oxygen atoms in total. The molecule has 0 bridgehead atoms. The molecule has 1 heterocycles. The summed E-state index contributed by atoms with van der Waals surface area (Å²) in [5, 5.41) is 0.565. The monoisotopic (exact) mass is 351 g/mol. The Morgan fingerprint density at radius 1 is 1.12 bits per heavy atom. The van der Waals surface area contributed by atoms with E-state index in [1.807, 2.05) is 0 Å². The highest BCUT2D eigenvalue weighted by Gasteiger charge is 2.10. The van der Waals surface area contributed by atoms with Crippen LogP contribution in [0.3, 0.4) is 0 Å². The van der Waals surface area contributed by atoms with E-state index >= 15 is 0 Å². The Morgan fingerprint density at radius 3 is 2.71 bits per heavy atom. The minimum Gasteiger partial charge on any atom is -0.493 e. The van der Waals surface area contributed by atoms with E-state index in [1.54, 1.807) is 42.5 Å². The first-order valence-corrected chi connectivity index (χ1v) is 7.30. The van der Waals surface area contributed by atoms with Crippen LogP contribution in [0, 0.1) is 0 Å². The summed E-state index contributed by atoms with van der Waals surface area (Å²) in [6.07, 6.45) is 3.30. The van der Waals surface area contributed by atoms with Crippen molar-refractivity contribution in [2.24, 2.45) is 0 Å². The van der Waals surface area contributed by atoms with Crippen molar-refractivity contribution in [1.29, 1.82) is 0 Å². The van der Waals surface area contributed by atoms with Crippen molar-refractivity contribution in [3.05, 3.63) is 52.9 Å². The van der Waals surface area contributed by atoms with Crippen molar-refractivity contribution in [2.75, 3.05) is 7.11 Å². The predicted octanol–water partition coefficient (Wildman–Crippen LogP) is 5.26. The Labute approximate surface area is 141 Å². The molecule has 124 valence electrons. The molecule has 0 N–H and O–H groups in total. The number of oxazole rings is 1. The Kier molecular flexibility index (Phi) is 4.66. The van der Waals surface area contributed by atoms with Crippen LogP contribution in [0.5, 0.6) is 11.5 Å². The molecule has 0 saturated carbocycles. The second-order valence-corrected chi connectivity index (χ2v) is 5.22. The van der Waals surface area contributed by atoms with Crippen LogP contribution in [0.1, 0.15) is 11.5 Å². The molecule has 1 aromatic heterocycles. The smallest absolute Gasteiger partial charge is 0.387 e. The molecule has 0 aliphatic carbocycles. The van der Waals surface area contributed by atoms with Gasteiger partial charge in [-0.25, -0.2) is 4.98 Å². The number of fused-ring (bicyclic) bond motifs is 1. The zero-order valence-electron chi connectivity index (χ0n) is 12.5. The topological polar surface area (TPSA) is 44.5 Å². The number of hydrogen-bond acceptors (Lipinski definition) is 4. The third-order valence-corrected chi connectivity index (χ3v) is 3.42. The molecule has 0 amide bonds. The molecular formula is C17H12ClF2NO3. The number of methoxy groups -OCH3 is 1. The third-order valence-electron chi connectivity index (χ3n) is 3.19. The Morgan fingerprint density at radius 2 is 1.96 bits per heavy atom. The van der Waals surface area contributed by atoms with Gasteiger partial charge >= 0.3 is 6.61 Å². The number of halogens is 3. The average Bonchev–Trinajstić information content (AvgIpc) is 2.94. The SMILES string of the molecule is COc1ccc(C=Cc2nc3cc(Cl)ccc3o2)cc1OC(F)F. The van der Waals surface area contributed by atoms with E-state index in [2.05, 4.69) is 9.72 Å². The standard InChI is InChI=1S/C17H12ClF2NO3/c1-22-14-5-2-10(8-15(14)24-17(19)20)3-7-16-21-12-9-11(18)4-6-13(12)23-16/h2-9,17H,1H3. The van der Waals surface area contributed by atoms with Gasteiger partial charge < -0.3 is 13.9 Å². The first kappa shape index (κ1) is 16.3. The lowest BCUT2D eigenvalue weighted by Gasteiger charge is -2.10. The van der Waals surface area contributed by atoms with Crippen molar-refractivity contribution in [2.45, 2.75) is 6.61 Å². The van der Waals surface area contributed by atoms with Crippen LogP contribution >= 0.6 is 11.6 Å². The van der Waals surface area contributed by atoms with Crippen LogP contribution in [-0.2, 0) is 0 Å². The summed E-state index contributed by atoms with van der Waals surface area (Å²) in [5.74, 6) is 0.558. The van der Waals surface area contributed by atoms with Gasteiger partial charge in [-0.3, -0.25) is 0 Å². The summed E-state index contributed by atoms with van der Waals surface area (Å²) in [7, 11) is 1.38. The Balaban J connectivity index is 1.87. The van der Waals surface area contributed by atoms with Gasteiger partial charge in [0.05, 0.1) is 7.11 Å². The Hall–Kier alpha value is -2.60. The lowest BCUT2D eigenvalue weighted by atomic mass is 10.2. The van der Waals surface area contributed by atoms with Gasteiger partial charge in [-0.05, 0) is 42.0 Å². The molecular weight excluding hydrogens is 340 g/mol. The molecule has 0 spiro atoms. The third kappa shape index (κ3) is 3.65. The summed E-state index contributed by atoms with van der Waals surface area (Å²) in [4.78, 5) is 4.28. The van der Waals surface area contributed by atoms with E-state index in [9.17, 15) is 8.78 Å². The van der Waals surface area contributed by atoms with Crippen molar-refractivity contribution >= 4 is 34.9 Å². The highest BCUT2D eigenvalue weighted by molar-refractivity contribution is 6.31. The zero-order chi connectivity index (χ0) is 17.1. The van der Waals surface area contributed by atoms with Gasteiger partial charge in [0, 0.05) is 11.1 Å². The van der Waals surface area contributed by atoms with Crippen LogP contribution in [0.25, 0.3) is 23.3 Å². The molecule has 0 aliphatic heterocycles. The van der Waals surface area contributed by atoms with E-state index in [4.69, 9.17) is 20.8 Å². The quantitative estimate of drug-likeness (QED) is 0.628. The molecule has 0 saturated heterocycles. The normalized spacial score (nSPS) is 11.5.